The Hall–Kier alpha value is -2.30. The summed E-state index contributed by atoms with van der Waals surface area (Å²) in [5.74, 6) is 0.240. The number of H-pyrrole nitrogens is 1. The van der Waals surface area contributed by atoms with Gasteiger partial charge in [-0.25, -0.2) is 0 Å². The zero-order valence-electron chi connectivity index (χ0n) is 12.7. The monoisotopic (exact) mass is 296 g/mol. The number of hydrogen-bond donors (Lipinski definition) is 1. The van der Waals surface area contributed by atoms with Crippen LogP contribution in [0.25, 0.3) is 0 Å². The number of hydrogen-bond acceptors (Lipinski definition) is 3. The van der Waals surface area contributed by atoms with Crippen LogP contribution >= 0.6 is 0 Å². The number of amides is 1. The third-order valence-electron chi connectivity index (χ3n) is 4.77. The lowest BCUT2D eigenvalue weighted by Crippen LogP contribution is -2.45. The fourth-order valence-corrected chi connectivity index (χ4v) is 3.69. The molecule has 2 aliphatic rings. The number of nitrogens with one attached hydrogen (secondary N) is 1. The molecule has 0 saturated carbocycles. The Kier molecular flexibility index (Phi) is 3.13. The summed E-state index contributed by atoms with van der Waals surface area (Å²) < 4.78 is 0. The Bertz CT molecular complexity index is 708. The van der Waals surface area contributed by atoms with Gasteiger partial charge in [-0.15, -0.1) is 0 Å². The van der Waals surface area contributed by atoms with Crippen molar-refractivity contribution in [2.75, 3.05) is 29.9 Å². The second-order valence-electron chi connectivity index (χ2n) is 6.24. The first-order chi connectivity index (χ1) is 10.7. The lowest BCUT2D eigenvalue weighted by molar-refractivity contribution is -0.122. The van der Waals surface area contributed by atoms with Gasteiger partial charge in [0.2, 0.25) is 5.91 Å². The van der Waals surface area contributed by atoms with E-state index < -0.39 is 0 Å². The van der Waals surface area contributed by atoms with Crippen LogP contribution in [0.15, 0.2) is 30.5 Å². The zero-order valence-corrected chi connectivity index (χ0v) is 12.7. The maximum Gasteiger partial charge on any atom is 0.232 e. The fourth-order valence-electron chi connectivity index (χ4n) is 3.69. The normalized spacial score (nSPS) is 20.5. The van der Waals surface area contributed by atoms with Gasteiger partial charge in [0, 0.05) is 25.8 Å². The minimum absolute atomic E-state index is 0.0146. The van der Waals surface area contributed by atoms with Crippen LogP contribution < -0.4 is 9.80 Å². The summed E-state index contributed by atoms with van der Waals surface area (Å²) in [6.07, 6.45) is 4.59. The highest BCUT2D eigenvalue weighted by Gasteiger charge is 2.33. The van der Waals surface area contributed by atoms with Crippen molar-refractivity contribution in [2.45, 2.75) is 19.3 Å². The van der Waals surface area contributed by atoms with Crippen LogP contribution in [0.5, 0.6) is 0 Å². The molecular formula is C17H20N4O. The molecule has 4 rings (SSSR count). The molecular weight excluding hydrogens is 276 g/mol. The van der Waals surface area contributed by atoms with Crippen molar-refractivity contribution in [3.63, 3.8) is 0 Å². The van der Waals surface area contributed by atoms with Crippen molar-refractivity contribution >= 4 is 17.3 Å². The molecule has 5 heteroatoms. The maximum absolute atomic E-state index is 13.0. The lowest BCUT2D eigenvalue weighted by Gasteiger charge is -2.36. The minimum Gasteiger partial charge on any atom is -0.374 e. The molecule has 0 radical (unpaired) electrons. The third kappa shape index (κ3) is 2.08. The van der Waals surface area contributed by atoms with E-state index in [1.807, 2.05) is 4.90 Å². The van der Waals surface area contributed by atoms with Crippen LogP contribution in [0.4, 0.5) is 11.4 Å². The molecule has 0 aliphatic carbocycles. The summed E-state index contributed by atoms with van der Waals surface area (Å²) in [5, 5.41) is 7.12. The first kappa shape index (κ1) is 13.4. The standard InChI is InChI=1S/C17H20N4O/c1-20-11-13(9-12-5-2-3-7-15(12)20)17(22)21-8-4-6-14-16(21)10-18-19-14/h2-3,5,7,10,13H,4,6,8-9,11H2,1H3,(H,18,19). The Morgan fingerprint density at radius 3 is 3.09 bits per heavy atom. The number of rotatable bonds is 1. The number of benzene rings is 1. The number of anilines is 2. The summed E-state index contributed by atoms with van der Waals surface area (Å²) in [6, 6.07) is 8.37. The summed E-state index contributed by atoms with van der Waals surface area (Å²) in [5.41, 5.74) is 4.56. The van der Waals surface area contributed by atoms with Crippen LogP contribution in [-0.4, -0.2) is 36.2 Å². The summed E-state index contributed by atoms with van der Waals surface area (Å²) >= 11 is 0. The first-order valence-electron chi connectivity index (χ1n) is 7.86. The van der Waals surface area contributed by atoms with Crippen LogP contribution in [0.2, 0.25) is 0 Å². The zero-order chi connectivity index (χ0) is 15.1. The molecule has 0 saturated heterocycles. The number of para-hydroxylation sites is 1. The van der Waals surface area contributed by atoms with Gasteiger partial charge >= 0.3 is 0 Å². The van der Waals surface area contributed by atoms with Crippen LogP contribution in [0.1, 0.15) is 17.7 Å². The molecule has 0 bridgehead atoms. The average molecular weight is 296 g/mol. The van der Waals surface area contributed by atoms with Gasteiger partial charge in [-0.05, 0) is 30.9 Å². The van der Waals surface area contributed by atoms with Crippen molar-refractivity contribution in [3.05, 3.63) is 41.7 Å². The average Bonchev–Trinajstić information content (AvgIpc) is 3.02. The summed E-state index contributed by atoms with van der Waals surface area (Å²) in [7, 11) is 2.07. The van der Waals surface area contributed by atoms with Gasteiger partial charge in [0.05, 0.1) is 23.5 Å². The molecule has 114 valence electrons. The number of aryl methyl sites for hydroxylation is 1. The van der Waals surface area contributed by atoms with Gasteiger partial charge in [0.15, 0.2) is 0 Å². The van der Waals surface area contributed by atoms with Crippen molar-refractivity contribution in [1.29, 1.82) is 0 Å². The maximum atomic E-state index is 13.0. The van der Waals surface area contributed by atoms with Crippen LogP contribution in [0, 0.1) is 5.92 Å². The van der Waals surface area contributed by atoms with E-state index in [9.17, 15) is 4.79 Å². The SMILES string of the molecule is CN1CC(C(=O)N2CCCc3[nH]ncc32)Cc2ccccc21. The van der Waals surface area contributed by atoms with Crippen molar-refractivity contribution in [1.82, 2.24) is 10.2 Å². The summed E-state index contributed by atoms with van der Waals surface area (Å²) in [4.78, 5) is 17.1. The van der Waals surface area contributed by atoms with E-state index in [-0.39, 0.29) is 11.8 Å². The quantitative estimate of drug-likeness (QED) is 0.875. The molecule has 1 N–H and O–H groups in total. The first-order valence-corrected chi connectivity index (χ1v) is 7.86. The van der Waals surface area contributed by atoms with Gasteiger partial charge < -0.3 is 9.80 Å². The number of aromatic nitrogens is 2. The minimum atomic E-state index is 0.0146. The number of carbonyl (C=O) groups excluding carboxylic acids is 1. The number of fused-ring (bicyclic) bond motifs is 2. The molecule has 0 spiro atoms. The molecule has 1 unspecified atom stereocenters. The highest BCUT2D eigenvalue weighted by atomic mass is 16.2. The van der Waals surface area contributed by atoms with Crippen molar-refractivity contribution < 1.29 is 4.79 Å². The van der Waals surface area contributed by atoms with Gasteiger partial charge in [0.1, 0.15) is 0 Å². The molecule has 22 heavy (non-hydrogen) atoms. The smallest absolute Gasteiger partial charge is 0.232 e. The predicted octanol–water partition coefficient (Wildman–Crippen LogP) is 2.00. The topological polar surface area (TPSA) is 52.2 Å². The number of nitrogens with zero attached hydrogens (tertiary/aromatic N) is 3. The lowest BCUT2D eigenvalue weighted by atomic mass is 9.91. The predicted molar refractivity (Wildman–Crippen MR) is 86.2 cm³/mol. The molecule has 1 amide bonds. The largest absolute Gasteiger partial charge is 0.374 e. The highest BCUT2D eigenvalue weighted by Crippen LogP contribution is 2.32. The van der Waals surface area contributed by atoms with Gasteiger partial charge in [-0.3, -0.25) is 9.89 Å². The molecule has 5 nitrogen and oxygen atoms in total. The van der Waals surface area contributed by atoms with E-state index in [0.29, 0.717) is 0 Å². The van der Waals surface area contributed by atoms with Crippen LogP contribution in [-0.2, 0) is 17.6 Å². The van der Waals surface area contributed by atoms with Crippen LogP contribution in [0.3, 0.4) is 0 Å². The second-order valence-corrected chi connectivity index (χ2v) is 6.24. The molecule has 2 aromatic rings. The van der Waals surface area contributed by atoms with Crippen molar-refractivity contribution in [3.8, 4) is 0 Å². The number of aromatic amines is 1. The second kappa shape index (κ2) is 5.16. The molecule has 0 fully saturated rings. The van der Waals surface area contributed by atoms with Gasteiger partial charge in [-0.1, -0.05) is 18.2 Å². The molecule has 1 aromatic heterocycles. The third-order valence-corrected chi connectivity index (χ3v) is 4.77. The molecule has 1 aromatic carbocycles. The number of carbonyl (C=O) groups is 1. The Balaban J connectivity index is 1.61. The van der Waals surface area contributed by atoms with E-state index in [2.05, 4.69) is 46.4 Å². The van der Waals surface area contributed by atoms with E-state index in [1.165, 1.54) is 11.3 Å². The van der Waals surface area contributed by atoms with E-state index in [4.69, 9.17) is 0 Å². The van der Waals surface area contributed by atoms with E-state index in [1.54, 1.807) is 6.20 Å². The summed E-state index contributed by atoms with van der Waals surface area (Å²) in [6.45, 7) is 1.58. The van der Waals surface area contributed by atoms with E-state index in [0.717, 1.165) is 43.7 Å². The van der Waals surface area contributed by atoms with Crippen molar-refractivity contribution in [2.24, 2.45) is 5.92 Å². The Morgan fingerprint density at radius 1 is 1.32 bits per heavy atom. The van der Waals surface area contributed by atoms with Gasteiger partial charge in [-0.2, -0.15) is 5.10 Å². The Morgan fingerprint density at radius 2 is 2.18 bits per heavy atom. The molecule has 2 aliphatic heterocycles. The van der Waals surface area contributed by atoms with Gasteiger partial charge in [0.25, 0.3) is 0 Å². The fraction of sp³-hybridized carbons (Fsp3) is 0.412. The Labute approximate surface area is 129 Å². The highest BCUT2D eigenvalue weighted by molar-refractivity contribution is 5.96. The molecule has 1 atom stereocenters. The molecule has 3 heterocycles. The van der Waals surface area contributed by atoms with E-state index >= 15 is 0 Å².